The average molecular weight is 279 g/mol. The Hall–Kier alpha value is -2.02. The Morgan fingerprint density at radius 3 is 2.84 bits per heavy atom. The van der Waals surface area contributed by atoms with E-state index in [9.17, 15) is 4.79 Å². The fraction of sp³-hybridized carbons (Fsp3) is 0.250. The van der Waals surface area contributed by atoms with Crippen molar-refractivity contribution in [2.75, 3.05) is 20.0 Å². The van der Waals surface area contributed by atoms with Crippen molar-refractivity contribution in [3.05, 3.63) is 30.1 Å². The smallest absolute Gasteiger partial charge is 0.183 e. The predicted molar refractivity (Wildman–Crippen MR) is 71.0 cm³/mol. The number of benzene rings is 1. The summed E-state index contributed by atoms with van der Waals surface area (Å²) in [7, 11) is 3.08. The third-order valence-electron chi connectivity index (χ3n) is 2.44. The van der Waals surface area contributed by atoms with Gasteiger partial charge in [-0.2, -0.15) is 5.10 Å². The minimum Gasteiger partial charge on any atom is -0.497 e. The van der Waals surface area contributed by atoms with Gasteiger partial charge in [-0.1, -0.05) is 11.8 Å². The van der Waals surface area contributed by atoms with E-state index in [1.54, 1.807) is 25.3 Å². The second-order valence-corrected chi connectivity index (χ2v) is 4.53. The first-order valence-corrected chi connectivity index (χ1v) is 6.46. The van der Waals surface area contributed by atoms with Crippen LogP contribution in [0.2, 0.25) is 0 Å². The van der Waals surface area contributed by atoms with Crippen molar-refractivity contribution in [1.29, 1.82) is 0 Å². The van der Waals surface area contributed by atoms with E-state index in [4.69, 9.17) is 9.47 Å². The van der Waals surface area contributed by atoms with Crippen LogP contribution in [-0.4, -0.2) is 40.9 Å². The Kier molecular flexibility index (Phi) is 4.40. The number of carbonyl (C=O) groups excluding carboxylic acids is 1. The van der Waals surface area contributed by atoms with Crippen LogP contribution in [0.3, 0.4) is 0 Å². The van der Waals surface area contributed by atoms with Crippen molar-refractivity contribution in [2.45, 2.75) is 5.16 Å². The summed E-state index contributed by atoms with van der Waals surface area (Å²) in [6, 6.07) is 5.13. The fourth-order valence-corrected chi connectivity index (χ4v) is 2.17. The van der Waals surface area contributed by atoms with E-state index in [-0.39, 0.29) is 11.5 Å². The number of aromatic nitrogens is 3. The number of aromatic amines is 1. The number of thioether (sulfide) groups is 1. The number of hydrogen-bond donors (Lipinski definition) is 1. The van der Waals surface area contributed by atoms with Crippen LogP contribution in [0.1, 0.15) is 10.4 Å². The molecule has 0 amide bonds. The quantitative estimate of drug-likeness (QED) is 0.641. The highest BCUT2D eigenvalue weighted by molar-refractivity contribution is 7.99. The summed E-state index contributed by atoms with van der Waals surface area (Å²) in [5, 5.41) is 7.02. The first kappa shape index (κ1) is 13.4. The molecule has 2 rings (SSSR count). The molecule has 0 spiro atoms. The average Bonchev–Trinajstić information content (AvgIpc) is 2.97. The second kappa shape index (κ2) is 6.24. The molecule has 7 heteroatoms. The fourth-order valence-electron chi connectivity index (χ4n) is 1.51. The Morgan fingerprint density at radius 2 is 2.21 bits per heavy atom. The molecule has 0 aliphatic carbocycles. The van der Waals surface area contributed by atoms with Crippen molar-refractivity contribution in [3.8, 4) is 11.5 Å². The second-order valence-electron chi connectivity index (χ2n) is 3.57. The molecule has 0 saturated heterocycles. The maximum atomic E-state index is 12.2. The van der Waals surface area contributed by atoms with Gasteiger partial charge in [-0.3, -0.25) is 9.89 Å². The Balaban J connectivity index is 2.12. The number of hydrogen-bond acceptors (Lipinski definition) is 6. The van der Waals surface area contributed by atoms with E-state index < -0.39 is 0 Å². The number of H-pyrrole nitrogens is 1. The van der Waals surface area contributed by atoms with Crippen LogP contribution in [0, 0.1) is 0 Å². The standard InChI is InChI=1S/C12H13N3O3S/c1-17-8-3-4-11(18-2)9(5-8)10(16)6-19-12-13-7-14-15-12/h3-5,7H,6H2,1-2H3,(H,13,14,15). The minimum absolute atomic E-state index is 0.0582. The van der Waals surface area contributed by atoms with Gasteiger partial charge in [-0.25, -0.2) is 4.98 Å². The molecular formula is C12H13N3O3S. The molecule has 0 atom stereocenters. The van der Waals surface area contributed by atoms with Crippen molar-refractivity contribution < 1.29 is 14.3 Å². The van der Waals surface area contributed by atoms with Crippen LogP contribution in [0.5, 0.6) is 11.5 Å². The van der Waals surface area contributed by atoms with Gasteiger partial charge in [-0.15, -0.1) is 0 Å². The highest BCUT2D eigenvalue weighted by Crippen LogP contribution is 2.26. The van der Waals surface area contributed by atoms with Crippen LogP contribution in [0.15, 0.2) is 29.7 Å². The molecule has 100 valence electrons. The summed E-state index contributed by atoms with van der Waals surface area (Å²) in [6.45, 7) is 0. The van der Waals surface area contributed by atoms with Crippen molar-refractivity contribution in [3.63, 3.8) is 0 Å². The largest absolute Gasteiger partial charge is 0.497 e. The monoisotopic (exact) mass is 279 g/mol. The zero-order valence-electron chi connectivity index (χ0n) is 10.5. The third kappa shape index (κ3) is 3.25. The van der Waals surface area contributed by atoms with Crippen LogP contribution < -0.4 is 9.47 Å². The van der Waals surface area contributed by atoms with Gasteiger partial charge in [0.15, 0.2) is 10.9 Å². The molecule has 1 heterocycles. The van der Waals surface area contributed by atoms with Gasteiger partial charge in [0.2, 0.25) is 0 Å². The van der Waals surface area contributed by atoms with E-state index >= 15 is 0 Å². The highest BCUT2D eigenvalue weighted by atomic mass is 32.2. The van der Waals surface area contributed by atoms with Gasteiger partial charge in [-0.05, 0) is 18.2 Å². The summed E-state index contributed by atoms with van der Waals surface area (Å²) in [5.74, 6) is 1.34. The predicted octanol–water partition coefficient (Wildman–Crippen LogP) is 1.80. The zero-order valence-corrected chi connectivity index (χ0v) is 11.4. The third-order valence-corrected chi connectivity index (χ3v) is 3.32. The number of Topliss-reactive ketones (excluding diaryl/α,β-unsaturated/α-hetero) is 1. The lowest BCUT2D eigenvalue weighted by atomic mass is 10.1. The summed E-state index contributed by atoms with van der Waals surface area (Å²) < 4.78 is 10.3. The maximum absolute atomic E-state index is 12.2. The zero-order chi connectivity index (χ0) is 13.7. The van der Waals surface area contributed by atoms with Crippen LogP contribution >= 0.6 is 11.8 Å². The number of ether oxygens (including phenoxy) is 2. The highest BCUT2D eigenvalue weighted by Gasteiger charge is 2.14. The number of carbonyl (C=O) groups is 1. The molecule has 0 fully saturated rings. The van der Waals surface area contributed by atoms with E-state index in [0.717, 1.165) is 0 Å². The molecule has 0 aliphatic rings. The van der Waals surface area contributed by atoms with E-state index in [1.165, 1.54) is 25.2 Å². The SMILES string of the molecule is COc1ccc(OC)c(C(=O)CSc2ncn[nH]2)c1. The van der Waals surface area contributed by atoms with Gasteiger partial charge in [0.05, 0.1) is 25.5 Å². The van der Waals surface area contributed by atoms with Gasteiger partial charge in [0.1, 0.15) is 17.8 Å². The molecule has 1 aromatic carbocycles. The molecular weight excluding hydrogens is 266 g/mol. The lowest BCUT2D eigenvalue weighted by molar-refractivity contribution is 0.101. The van der Waals surface area contributed by atoms with Crippen molar-refractivity contribution in [1.82, 2.24) is 15.2 Å². The van der Waals surface area contributed by atoms with E-state index in [1.807, 2.05) is 0 Å². The maximum Gasteiger partial charge on any atom is 0.183 e. The molecule has 0 bridgehead atoms. The van der Waals surface area contributed by atoms with E-state index in [0.29, 0.717) is 22.2 Å². The van der Waals surface area contributed by atoms with Crippen molar-refractivity contribution >= 4 is 17.5 Å². The Labute approximate surface area is 114 Å². The van der Waals surface area contributed by atoms with Crippen LogP contribution in [0.25, 0.3) is 0 Å². The normalized spacial score (nSPS) is 10.2. The molecule has 0 saturated carbocycles. The number of nitrogens with one attached hydrogen (secondary N) is 1. The number of nitrogens with zero attached hydrogens (tertiary/aromatic N) is 2. The van der Waals surface area contributed by atoms with Gasteiger partial charge in [0.25, 0.3) is 0 Å². The van der Waals surface area contributed by atoms with Gasteiger partial charge < -0.3 is 9.47 Å². The summed E-state index contributed by atoms with van der Waals surface area (Å²) >= 11 is 1.29. The molecule has 6 nitrogen and oxygen atoms in total. The summed E-state index contributed by atoms with van der Waals surface area (Å²) in [5.41, 5.74) is 0.494. The molecule has 1 N–H and O–H groups in total. The summed E-state index contributed by atoms with van der Waals surface area (Å²) in [6.07, 6.45) is 1.40. The lowest BCUT2D eigenvalue weighted by Crippen LogP contribution is -2.05. The number of methoxy groups -OCH3 is 2. The molecule has 2 aromatic rings. The first-order chi connectivity index (χ1) is 9.24. The first-order valence-electron chi connectivity index (χ1n) is 5.48. The summed E-state index contributed by atoms with van der Waals surface area (Å²) in [4.78, 5) is 16.1. The van der Waals surface area contributed by atoms with Gasteiger partial charge >= 0.3 is 0 Å². The van der Waals surface area contributed by atoms with Crippen LogP contribution in [0.4, 0.5) is 0 Å². The topological polar surface area (TPSA) is 77.1 Å². The molecule has 19 heavy (non-hydrogen) atoms. The molecule has 0 aliphatic heterocycles. The van der Waals surface area contributed by atoms with Crippen LogP contribution in [-0.2, 0) is 0 Å². The Bertz CT molecular complexity index is 557. The number of ketones is 1. The van der Waals surface area contributed by atoms with Crippen molar-refractivity contribution in [2.24, 2.45) is 0 Å². The van der Waals surface area contributed by atoms with E-state index in [2.05, 4.69) is 15.2 Å². The molecule has 0 unspecified atom stereocenters. The lowest BCUT2D eigenvalue weighted by Gasteiger charge is -2.09. The minimum atomic E-state index is -0.0582. The number of rotatable bonds is 6. The van der Waals surface area contributed by atoms with Gasteiger partial charge in [0, 0.05) is 0 Å². The Morgan fingerprint density at radius 1 is 1.37 bits per heavy atom. The molecule has 1 aromatic heterocycles. The molecule has 0 radical (unpaired) electrons.